The maximum atomic E-state index is 10.2. The van der Waals surface area contributed by atoms with Gasteiger partial charge in [-0.05, 0) is 43.5 Å². The van der Waals surface area contributed by atoms with Crippen LogP contribution in [-0.2, 0) is 6.42 Å². The molecule has 1 aromatic rings. The van der Waals surface area contributed by atoms with Crippen LogP contribution in [0.15, 0.2) is 24.3 Å². The molecule has 102 valence electrons. The second kappa shape index (κ2) is 7.55. The first kappa shape index (κ1) is 15.2. The molecule has 0 saturated carbocycles. The fraction of sp³-hybridized carbons (Fsp3) is 0.625. The Balaban J connectivity index is 2.45. The zero-order chi connectivity index (χ0) is 13.5. The second-order valence-corrected chi connectivity index (χ2v) is 5.56. The standard InChI is InChI=1S/C16H27NO/c1-5-14-6-8-15(9-7-14)16(18)12-17(4)11-10-13(2)3/h6-9,13,16,18H,5,10-12H2,1-4H3. The topological polar surface area (TPSA) is 23.5 Å². The molecule has 0 aliphatic rings. The Bertz CT molecular complexity index is 331. The third kappa shape index (κ3) is 5.19. The van der Waals surface area contributed by atoms with Gasteiger partial charge in [-0.15, -0.1) is 0 Å². The van der Waals surface area contributed by atoms with Crippen molar-refractivity contribution in [1.82, 2.24) is 4.90 Å². The number of hydrogen-bond acceptors (Lipinski definition) is 2. The average Bonchev–Trinajstić information content (AvgIpc) is 2.36. The first-order valence-electron chi connectivity index (χ1n) is 6.98. The Morgan fingerprint density at radius 1 is 1.17 bits per heavy atom. The van der Waals surface area contributed by atoms with Crippen LogP contribution in [0.1, 0.15) is 44.4 Å². The lowest BCUT2D eigenvalue weighted by Crippen LogP contribution is -2.26. The summed E-state index contributed by atoms with van der Waals surface area (Å²) in [5.41, 5.74) is 2.34. The van der Waals surface area contributed by atoms with Crippen LogP contribution in [0, 0.1) is 5.92 Å². The van der Waals surface area contributed by atoms with Crippen molar-refractivity contribution in [3.63, 3.8) is 0 Å². The molecule has 1 atom stereocenters. The van der Waals surface area contributed by atoms with Crippen LogP contribution >= 0.6 is 0 Å². The van der Waals surface area contributed by atoms with Crippen LogP contribution in [0.4, 0.5) is 0 Å². The van der Waals surface area contributed by atoms with Gasteiger partial charge in [0.15, 0.2) is 0 Å². The minimum absolute atomic E-state index is 0.381. The summed E-state index contributed by atoms with van der Waals surface area (Å²) >= 11 is 0. The molecule has 0 radical (unpaired) electrons. The van der Waals surface area contributed by atoms with Gasteiger partial charge in [0.05, 0.1) is 6.10 Å². The summed E-state index contributed by atoms with van der Waals surface area (Å²) in [5, 5.41) is 10.2. The second-order valence-electron chi connectivity index (χ2n) is 5.56. The predicted molar refractivity (Wildman–Crippen MR) is 77.7 cm³/mol. The lowest BCUT2D eigenvalue weighted by molar-refractivity contribution is 0.124. The number of aliphatic hydroxyl groups is 1. The van der Waals surface area contributed by atoms with Crippen molar-refractivity contribution in [3.05, 3.63) is 35.4 Å². The highest BCUT2D eigenvalue weighted by molar-refractivity contribution is 5.24. The fourth-order valence-electron chi connectivity index (χ4n) is 1.95. The number of nitrogens with zero attached hydrogens (tertiary/aromatic N) is 1. The van der Waals surface area contributed by atoms with Crippen molar-refractivity contribution in [2.24, 2.45) is 5.92 Å². The van der Waals surface area contributed by atoms with Gasteiger partial charge < -0.3 is 10.0 Å². The minimum atomic E-state index is -0.381. The van der Waals surface area contributed by atoms with Crippen LogP contribution in [-0.4, -0.2) is 30.1 Å². The summed E-state index contributed by atoms with van der Waals surface area (Å²) in [4.78, 5) is 2.21. The largest absolute Gasteiger partial charge is 0.387 e. The Hall–Kier alpha value is -0.860. The first-order valence-corrected chi connectivity index (χ1v) is 6.98. The van der Waals surface area contributed by atoms with Gasteiger partial charge in [0.1, 0.15) is 0 Å². The number of aryl methyl sites for hydroxylation is 1. The highest BCUT2D eigenvalue weighted by Crippen LogP contribution is 2.15. The highest BCUT2D eigenvalue weighted by atomic mass is 16.3. The van der Waals surface area contributed by atoms with E-state index in [2.05, 4.69) is 44.9 Å². The van der Waals surface area contributed by atoms with Gasteiger partial charge in [-0.3, -0.25) is 0 Å². The maximum Gasteiger partial charge on any atom is 0.0916 e. The summed E-state index contributed by atoms with van der Waals surface area (Å²) in [6, 6.07) is 8.29. The summed E-state index contributed by atoms with van der Waals surface area (Å²) in [7, 11) is 2.08. The third-order valence-electron chi connectivity index (χ3n) is 3.35. The van der Waals surface area contributed by atoms with Crippen LogP contribution < -0.4 is 0 Å². The molecular formula is C16H27NO. The molecule has 1 rings (SSSR count). The van der Waals surface area contributed by atoms with Crippen LogP contribution in [0.3, 0.4) is 0 Å². The molecule has 1 unspecified atom stereocenters. The van der Waals surface area contributed by atoms with Crippen molar-refractivity contribution in [2.45, 2.75) is 39.7 Å². The van der Waals surface area contributed by atoms with Crippen LogP contribution in [0.25, 0.3) is 0 Å². The van der Waals surface area contributed by atoms with Crippen molar-refractivity contribution >= 4 is 0 Å². The Labute approximate surface area is 112 Å². The molecule has 0 bridgehead atoms. The Morgan fingerprint density at radius 3 is 2.28 bits per heavy atom. The minimum Gasteiger partial charge on any atom is -0.387 e. The maximum absolute atomic E-state index is 10.2. The zero-order valence-electron chi connectivity index (χ0n) is 12.2. The van der Waals surface area contributed by atoms with Crippen molar-refractivity contribution in [1.29, 1.82) is 0 Å². The number of likely N-dealkylation sites (N-methyl/N-ethyl adjacent to an activating group) is 1. The average molecular weight is 249 g/mol. The molecule has 0 aromatic heterocycles. The quantitative estimate of drug-likeness (QED) is 0.802. The molecule has 0 heterocycles. The molecule has 0 aliphatic carbocycles. The van der Waals surface area contributed by atoms with Crippen LogP contribution in [0.2, 0.25) is 0 Å². The molecule has 0 saturated heterocycles. The van der Waals surface area contributed by atoms with E-state index in [0.29, 0.717) is 12.5 Å². The van der Waals surface area contributed by atoms with Crippen LogP contribution in [0.5, 0.6) is 0 Å². The van der Waals surface area contributed by atoms with E-state index in [1.807, 2.05) is 12.1 Å². The normalized spacial score (nSPS) is 13.3. The van der Waals surface area contributed by atoms with E-state index in [-0.39, 0.29) is 6.10 Å². The lowest BCUT2D eigenvalue weighted by Gasteiger charge is -2.21. The van der Waals surface area contributed by atoms with Gasteiger partial charge >= 0.3 is 0 Å². The molecule has 2 nitrogen and oxygen atoms in total. The van der Waals surface area contributed by atoms with Gasteiger partial charge in [-0.1, -0.05) is 45.0 Å². The zero-order valence-corrected chi connectivity index (χ0v) is 12.2. The van der Waals surface area contributed by atoms with Gasteiger partial charge in [-0.2, -0.15) is 0 Å². The SMILES string of the molecule is CCc1ccc(C(O)CN(C)CCC(C)C)cc1. The molecule has 0 aliphatic heterocycles. The molecule has 18 heavy (non-hydrogen) atoms. The Morgan fingerprint density at radius 2 is 1.78 bits per heavy atom. The van der Waals surface area contributed by atoms with E-state index in [1.165, 1.54) is 12.0 Å². The number of benzene rings is 1. The molecule has 0 fully saturated rings. The van der Waals surface area contributed by atoms with Crippen molar-refractivity contribution in [3.8, 4) is 0 Å². The van der Waals surface area contributed by atoms with Crippen molar-refractivity contribution < 1.29 is 5.11 Å². The number of aliphatic hydroxyl groups excluding tert-OH is 1. The Kier molecular flexibility index (Phi) is 6.37. The van der Waals surface area contributed by atoms with Gasteiger partial charge in [0.2, 0.25) is 0 Å². The van der Waals surface area contributed by atoms with E-state index in [1.54, 1.807) is 0 Å². The van der Waals surface area contributed by atoms with Gasteiger partial charge in [0, 0.05) is 6.54 Å². The summed E-state index contributed by atoms with van der Waals surface area (Å²) in [5.74, 6) is 0.716. The summed E-state index contributed by atoms with van der Waals surface area (Å²) in [6.45, 7) is 8.35. The molecule has 0 spiro atoms. The fourth-order valence-corrected chi connectivity index (χ4v) is 1.95. The first-order chi connectivity index (χ1) is 8.52. The molecule has 0 amide bonds. The smallest absolute Gasteiger partial charge is 0.0916 e. The van der Waals surface area contributed by atoms with Gasteiger partial charge in [0.25, 0.3) is 0 Å². The monoisotopic (exact) mass is 249 g/mol. The number of hydrogen-bond donors (Lipinski definition) is 1. The van der Waals surface area contributed by atoms with E-state index in [9.17, 15) is 5.11 Å². The van der Waals surface area contributed by atoms with E-state index >= 15 is 0 Å². The van der Waals surface area contributed by atoms with E-state index < -0.39 is 0 Å². The third-order valence-corrected chi connectivity index (χ3v) is 3.35. The molecule has 2 heteroatoms. The van der Waals surface area contributed by atoms with E-state index in [4.69, 9.17) is 0 Å². The molecular weight excluding hydrogens is 222 g/mol. The number of rotatable bonds is 7. The lowest BCUT2D eigenvalue weighted by atomic mass is 10.1. The molecule has 1 aromatic carbocycles. The predicted octanol–water partition coefficient (Wildman–Crippen LogP) is 3.26. The highest BCUT2D eigenvalue weighted by Gasteiger charge is 2.10. The summed E-state index contributed by atoms with van der Waals surface area (Å²) in [6.07, 6.45) is 1.84. The summed E-state index contributed by atoms with van der Waals surface area (Å²) < 4.78 is 0. The van der Waals surface area contributed by atoms with E-state index in [0.717, 1.165) is 18.5 Å². The van der Waals surface area contributed by atoms with Crippen molar-refractivity contribution in [2.75, 3.05) is 20.1 Å². The van der Waals surface area contributed by atoms with Gasteiger partial charge in [-0.25, -0.2) is 0 Å². The molecule has 1 N–H and O–H groups in total.